The van der Waals surface area contributed by atoms with Crippen LogP contribution in [0.2, 0.25) is 0 Å². The Labute approximate surface area is 179 Å². The van der Waals surface area contributed by atoms with Gasteiger partial charge in [0.05, 0.1) is 11.4 Å². The van der Waals surface area contributed by atoms with Crippen LogP contribution in [0.3, 0.4) is 0 Å². The van der Waals surface area contributed by atoms with Crippen molar-refractivity contribution in [2.75, 3.05) is 0 Å². The second kappa shape index (κ2) is 8.51. The van der Waals surface area contributed by atoms with Gasteiger partial charge in [0.15, 0.2) is 0 Å². The zero-order valence-corrected chi connectivity index (χ0v) is 17.5. The Morgan fingerprint density at radius 2 is 1.50 bits per heavy atom. The van der Waals surface area contributed by atoms with Crippen molar-refractivity contribution < 1.29 is 9.90 Å². The third-order valence-corrected chi connectivity index (χ3v) is 5.71. The fraction of sp³-hybridized carbons (Fsp3) is 0.0800. The molecule has 0 heterocycles. The number of hydrogen-bond acceptors (Lipinski definition) is 5. The Hall–Kier alpha value is -3.44. The molecule has 0 radical (unpaired) electrons. The Bertz CT molecular complexity index is 1240. The van der Waals surface area contributed by atoms with Crippen molar-refractivity contribution in [3.63, 3.8) is 0 Å². The number of thioether (sulfide) groups is 1. The van der Waals surface area contributed by atoms with E-state index in [0.717, 1.165) is 26.8 Å². The first-order valence-electron chi connectivity index (χ1n) is 9.53. The monoisotopic (exact) mass is 412 g/mol. The van der Waals surface area contributed by atoms with Gasteiger partial charge in [-0.1, -0.05) is 42.5 Å². The van der Waals surface area contributed by atoms with Gasteiger partial charge >= 0.3 is 0 Å². The van der Waals surface area contributed by atoms with Gasteiger partial charge in [-0.25, -0.2) is 0 Å². The molecule has 0 atom stereocenters. The van der Waals surface area contributed by atoms with Crippen LogP contribution in [0, 0.1) is 13.8 Å². The van der Waals surface area contributed by atoms with E-state index in [1.54, 1.807) is 18.2 Å². The Balaban J connectivity index is 1.73. The van der Waals surface area contributed by atoms with E-state index in [2.05, 4.69) is 10.2 Å². The topological polar surface area (TPSA) is 62.0 Å². The van der Waals surface area contributed by atoms with E-state index in [9.17, 15) is 9.90 Å². The molecule has 0 bridgehead atoms. The van der Waals surface area contributed by atoms with Crippen molar-refractivity contribution >= 4 is 39.0 Å². The summed E-state index contributed by atoms with van der Waals surface area (Å²) in [5, 5.41) is 20.6. The molecular formula is C25H20N2O2S. The lowest BCUT2D eigenvalue weighted by Crippen LogP contribution is -1.93. The van der Waals surface area contributed by atoms with Gasteiger partial charge in [-0.05, 0) is 78.5 Å². The number of phenols is 1. The van der Waals surface area contributed by atoms with Crippen LogP contribution in [0.15, 0.2) is 94.0 Å². The number of benzene rings is 4. The van der Waals surface area contributed by atoms with Crippen molar-refractivity contribution in [2.45, 2.75) is 18.7 Å². The highest BCUT2D eigenvalue weighted by Gasteiger charge is 2.12. The molecule has 0 saturated heterocycles. The standard InChI is InChI=1S/C25H20N2O2S/c1-16-12-20(13-17(2)24(16)28)26-27-23-15-19(14-18-8-6-7-11-22(18)23)25(29)30-21-9-4-3-5-10-21/h3-15,28H,1-2H3. The largest absolute Gasteiger partial charge is 0.507 e. The molecule has 0 aliphatic carbocycles. The lowest BCUT2D eigenvalue weighted by atomic mass is 10.1. The number of rotatable bonds is 4. The third kappa shape index (κ3) is 4.26. The zero-order chi connectivity index (χ0) is 21.1. The van der Waals surface area contributed by atoms with Crippen LogP contribution in [0.5, 0.6) is 5.75 Å². The molecule has 0 aromatic heterocycles. The molecule has 1 N–H and O–H groups in total. The number of carbonyl (C=O) groups excluding carboxylic acids is 1. The molecule has 0 saturated carbocycles. The summed E-state index contributed by atoms with van der Waals surface area (Å²) < 4.78 is 0. The maximum atomic E-state index is 12.9. The number of azo groups is 1. The molecule has 4 aromatic carbocycles. The second-order valence-corrected chi connectivity index (χ2v) is 8.09. The third-order valence-electron chi connectivity index (χ3n) is 4.78. The fourth-order valence-electron chi connectivity index (χ4n) is 3.25. The normalized spacial score (nSPS) is 11.3. The number of aryl methyl sites for hydroxylation is 2. The summed E-state index contributed by atoms with van der Waals surface area (Å²) in [5.74, 6) is 0.268. The molecule has 4 nitrogen and oxygen atoms in total. The average molecular weight is 413 g/mol. The number of aromatic hydroxyl groups is 1. The van der Waals surface area contributed by atoms with Gasteiger partial charge in [0, 0.05) is 15.8 Å². The number of phenolic OH excluding ortho intramolecular Hbond substituents is 1. The maximum absolute atomic E-state index is 12.9. The summed E-state index contributed by atoms with van der Waals surface area (Å²) >= 11 is 1.19. The molecule has 0 fully saturated rings. The highest BCUT2D eigenvalue weighted by molar-refractivity contribution is 8.14. The van der Waals surface area contributed by atoms with E-state index < -0.39 is 0 Å². The molecule has 0 spiro atoms. The number of hydrogen-bond donors (Lipinski definition) is 1. The van der Waals surface area contributed by atoms with Gasteiger partial charge in [0.25, 0.3) is 0 Å². The second-order valence-electron chi connectivity index (χ2n) is 7.05. The van der Waals surface area contributed by atoms with Gasteiger partial charge in [0.1, 0.15) is 5.75 Å². The van der Waals surface area contributed by atoms with Crippen molar-refractivity contribution in [1.82, 2.24) is 0 Å². The molecule has 0 aliphatic heterocycles. The van der Waals surface area contributed by atoms with E-state index in [0.29, 0.717) is 16.9 Å². The van der Waals surface area contributed by atoms with Gasteiger partial charge in [0.2, 0.25) is 5.12 Å². The van der Waals surface area contributed by atoms with Gasteiger partial charge in [-0.15, -0.1) is 5.11 Å². The Kier molecular flexibility index (Phi) is 5.63. The number of fused-ring (bicyclic) bond motifs is 1. The van der Waals surface area contributed by atoms with Crippen LogP contribution in [0.25, 0.3) is 10.8 Å². The molecule has 0 unspecified atom stereocenters. The van der Waals surface area contributed by atoms with Gasteiger partial charge < -0.3 is 5.11 Å². The maximum Gasteiger partial charge on any atom is 0.224 e. The highest BCUT2D eigenvalue weighted by Crippen LogP contribution is 2.33. The summed E-state index contributed by atoms with van der Waals surface area (Å²) in [6, 6.07) is 24.6. The number of carbonyl (C=O) groups is 1. The Morgan fingerprint density at radius 3 is 2.23 bits per heavy atom. The average Bonchev–Trinajstić information content (AvgIpc) is 2.76. The molecule has 30 heavy (non-hydrogen) atoms. The van der Waals surface area contributed by atoms with Crippen LogP contribution < -0.4 is 0 Å². The Morgan fingerprint density at radius 1 is 0.833 bits per heavy atom. The van der Waals surface area contributed by atoms with E-state index in [-0.39, 0.29) is 10.9 Å². The lowest BCUT2D eigenvalue weighted by molar-refractivity contribution is 0.108. The summed E-state index contributed by atoms with van der Waals surface area (Å²) in [5.41, 5.74) is 3.36. The summed E-state index contributed by atoms with van der Waals surface area (Å²) in [7, 11) is 0. The van der Waals surface area contributed by atoms with Gasteiger partial charge in [-0.2, -0.15) is 5.11 Å². The molecule has 148 valence electrons. The minimum Gasteiger partial charge on any atom is -0.507 e. The van der Waals surface area contributed by atoms with E-state index in [1.807, 2.05) is 74.5 Å². The van der Waals surface area contributed by atoms with Crippen LogP contribution >= 0.6 is 11.8 Å². The molecule has 5 heteroatoms. The first kappa shape index (κ1) is 19.9. The van der Waals surface area contributed by atoms with Crippen molar-refractivity contribution in [2.24, 2.45) is 10.2 Å². The lowest BCUT2D eigenvalue weighted by Gasteiger charge is -2.07. The van der Waals surface area contributed by atoms with Crippen molar-refractivity contribution in [3.8, 4) is 5.75 Å². The summed E-state index contributed by atoms with van der Waals surface area (Å²) in [6.07, 6.45) is 0. The predicted molar refractivity (Wildman–Crippen MR) is 122 cm³/mol. The van der Waals surface area contributed by atoms with Crippen LogP contribution in [0.1, 0.15) is 21.5 Å². The zero-order valence-electron chi connectivity index (χ0n) is 16.7. The van der Waals surface area contributed by atoms with Gasteiger partial charge in [-0.3, -0.25) is 4.79 Å². The fourth-order valence-corrected chi connectivity index (χ4v) is 3.99. The molecule has 0 aliphatic rings. The van der Waals surface area contributed by atoms with Crippen LogP contribution in [0.4, 0.5) is 11.4 Å². The molecule has 0 amide bonds. The van der Waals surface area contributed by atoms with E-state index >= 15 is 0 Å². The smallest absolute Gasteiger partial charge is 0.224 e. The van der Waals surface area contributed by atoms with Crippen molar-refractivity contribution in [3.05, 3.63) is 95.6 Å². The van der Waals surface area contributed by atoms with Crippen LogP contribution in [-0.2, 0) is 0 Å². The first-order valence-corrected chi connectivity index (χ1v) is 10.3. The number of nitrogens with zero attached hydrogens (tertiary/aromatic N) is 2. The quantitative estimate of drug-likeness (QED) is 0.279. The minimum absolute atomic E-state index is 0.0419. The SMILES string of the molecule is Cc1cc(N=Nc2cc(C(=O)Sc3ccccc3)cc3ccccc23)cc(C)c1O. The first-order chi connectivity index (χ1) is 14.5. The summed E-state index contributed by atoms with van der Waals surface area (Å²) in [6.45, 7) is 3.66. The summed E-state index contributed by atoms with van der Waals surface area (Å²) in [4.78, 5) is 13.8. The van der Waals surface area contributed by atoms with E-state index in [4.69, 9.17) is 0 Å². The van der Waals surface area contributed by atoms with Crippen molar-refractivity contribution in [1.29, 1.82) is 0 Å². The molecule has 4 aromatic rings. The van der Waals surface area contributed by atoms with E-state index in [1.165, 1.54) is 11.8 Å². The van der Waals surface area contributed by atoms with Crippen LogP contribution in [-0.4, -0.2) is 10.2 Å². The molecular weight excluding hydrogens is 392 g/mol. The predicted octanol–water partition coefficient (Wildman–Crippen LogP) is 7.51. The minimum atomic E-state index is -0.0419. The molecule has 4 rings (SSSR count). The highest BCUT2D eigenvalue weighted by atomic mass is 32.2.